The van der Waals surface area contributed by atoms with Crippen LogP contribution in [0.1, 0.15) is 42.5 Å². The van der Waals surface area contributed by atoms with Crippen molar-refractivity contribution in [2.45, 2.75) is 35.9 Å². The summed E-state index contributed by atoms with van der Waals surface area (Å²) >= 11 is 2.41. The van der Waals surface area contributed by atoms with Crippen LogP contribution < -0.4 is 9.64 Å². The van der Waals surface area contributed by atoms with Crippen molar-refractivity contribution < 1.29 is 23.8 Å². The Morgan fingerprint density at radius 1 is 1.05 bits per heavy atom. The van der Waals surface area contributed by atoms with Gasteiger partial charge in [0.1, 0.15) is 17.3 Å². The first kappa shape index (κ1) is 27.5. The lowest BCUT2D eigenvalue weighted by atomic mass is 9.95. The molecule has 1 saturated heterocycles. The molecule has 1 N–H and O–H groups in total. The van der Waals surface area contributed by atoms with Crippen LogP contribution in [-0.2, 0) is 15.3 Å². The van der Waals surface area contributed by atoms with Gasteiger partial charge in [-0.25, -0.2) is 4.39 Å². The Hall–Kier alpha value is -4.02. The van der Waals surface area contributed by atoms with Gasteiger partial charge in [-0.05, 0) is 35.7 Å². The van der Waals surface area contributed by atoms with Crippen LogP contribution in [0, 0.1) is 5.82 Å². The zero-order valence-electron chi connectivity index (χ0n) is 21.6. The lowest BCUT2D eigenvalue weighted by Gasteiger charge is -2.23. The van der Waals surface area contributed by atoms with Gasteiger partial charge in [0, 0.05) is 11.3 Å². The Balaban J connectivity index is 1.53. The molecule has 1 atom stereocenters. The third-order valence-corrected chi connectivity index (χ3v) is 8.45. The molecule has 1 aliphatic heterocycles. The molecule has 7 nitrogen and oxygen atoms in total. The Labute approximate surface area is 239 Å². The monoisotopic (exact) mass is 575 g/mol. The van der Waals surface area contributed by atoms with E-state index in [0.29, 0.717) is 39.1 Å². The number of ketones is 1. The number of aliphatic hydroxyl groups is 1. The average molecular weight is 576 g/mol. The van der Waals surface area contributed by atoms with Gasteiger partial charge in [-0.1, -0.05) is 97.1 Å². The maximum Gasteiger partial charge on any atom is 0.301 e. The number of amides is 1. The molecule has 2 heterocycles. The van der Waals surface area contributed by atoms with Crippen molar-refractivity contribution in [3.8, 4) is 5.75 Å². The molecule has 1 unspecified atom stereocenters. The van der Waals surface area contributed by atoms with Gasteiger partial charge >= 0.3 is 5.91 Å². The van der Waals surface area contributed by atoms with Crippen LogP contribution in [0.3, 0.4) is 0 Å². The number of aromatic nitrogens is 2. The summed E-state index contributed by atoms with van der Waals surface area (Å²) in [5.41, 5.74) is 1.48. The molecule has 204 valence electrons. The summed E-state index contributed by atoms with van der Waals surface area (Å²) in [6.45, 7) is 2.60. The van der Waals surface area contributed by atoms with Crippen molar-refractivity contribution in [3.05, 3.63) is 107 Å². The summed E-state index contributed by atoms with van der Waals surface area (Å²) in [4.78, 5) is 28.1. The maximum absolute atomic E-state index is 14.1. The Morgan fingerprint density at radius 3 is 2.60 bits per heavy atom. The van der Waals surface area contributed by atoms with E-state index in [1.165, 1.54) is 22.7 Å². The number of unbranched alkanes of at least 4 members (excludes halogenated alkanes) is 1. The highest BCUT2D eigenvalue weighted by atomic mass is 32.2. The summed E-state index contributed by atoms with van der Waals surface area (Å²) < 4.78 is 20.5. The first-order valence-electron chi connectivity index (χ1n) is 12.8. The smallest absolute Gasteiger partial charge is 0.301 e. The third-order valence-electron chi connectivity index (χ3n) is 6.34. The molecule has 1 amide bonds. The number of benzene rings is 3. The van der Waals surface area contributed by atoms with Crippen LogP contribution in [-0.4, -0.2) is 33.6 Å². The SMILES string of the molecule is CCCCOc1cccc(C2/C(=C(\O)c3ccccc3)C(=O)C(=O)N2c2nnc(SCc3ccccc3F)s2)c1. The molecule has 0 aliphatic carbocycles. The van der Waals surface area contributed by atoms with Crippen molar-refractivity contribution in [1.29, 1.82) is 0 Å². The van der Waals surface area contributed by atoms with Crippen LogP contribution >= 0.6 is 23.1 Å². The van der Waals surface area contributed by atoms with E-state index in [9.17, 15) is 19.1 Å². The predicted octanol–water partition coefficient (Wildman–Crippen LogP) is 6.77. The number of rotatable bonds is 10. The molecule has 0 radical (unpaired) electrons. The van der Waals surface area contributed by atoms with Crippen LogP contribution in [0.25, 0.3) is 5.76 Å². The molecule has 4 aromatic rings. The Bertz CT molecular complexity index is 1560. The normalized spacial score (nSPS) is 16.4. The zero-order valence-corrected chi connectivity index (χ0v) is 23.3. The number of anilines is 1. The van der Waals surface area contributed by atoms with Crippen LogP contribution in [0.2, 0.25) is 0 Å². The molecule has 10 heteroatoms. The second-order valence-electron chi connectivity index (χ2n) is 9.04. The third kappa shape index (κ3) is 5.78. The summed E-state index contributed by atoms with van der Waals surface area (Å²) in [6, 6.07) is 21.3. The highest BCUT2D eigenvalue weighted by molar-refractivity contribution is 8.00. The zero-order chi connectivity index (χ0) is 28.1. The number of hydrogen-bond donors (Lipinski definition) is 1. The number of hydrogen-bond acceptors (Lipinski definition) is 8. The molecule has 40 heavy (non-hydrogen) atoms. The van der Waals surface area contributed by atoms with E-state index in [1.807, 2.05) is 6.07 Å². The number of ether oxygens (including phenoxy) is 1. The van der Waals surface area contributed by atoms with E-state index in [-0.39, 0.29) is 22.3 Å². The number of nitrogens with zero attached hydrogens (tertiary/aromatic N) is 3. The molecular formula is C30H26FN3O4S2. The van der Waals surface area contributed by atoms with Crippen molar-refractivity contribution in [2.75, 3.05) is 11.5 Å². The first-order valence-corrected chi connectivity index (χ1v) is 14.6. The highest BCUT2D eigenvalue weighted by Gasteiger charge is 2.48. The van der Waals surface area contributed by atoms with Crippen molar-refractivity contribution in [2.24, 2.45) is 0 Å². The minimum atomic E-state index is -0.952. The second-order valence-corrected chi connectivity index (χ2v) is 11.2. The van der Waals surface area contributed by atoms with Gasteiger partial charge in [0.2, 0.25) is 5.13 Å². The largest absolute Gasteiger partial charge is 0.507 e. The van der Waals surface area contributed by atoms with E-state index >= 15 is 0 Å². The lowest BCUT2D eigenvalue weighted by Crippen LogP contribution is -2.29. The van der Waals surface area contributed by atoms with E-state index < -0.39 is 17.7 Å². The number of carbonyl (C=O) groups is 2. The second kappa shape index (κ2) is 12.4. The predicted molar refractivity (Wildman–Crippen MR) is 154 cm³/mol. The number of carbonyl (C=O) groups excluding carboxylic acids is 2. The highest BCUT2D eigenvalue weighted by Crippen LogP contribution is 2.44. The molecule has 5 rings (SSSR count). The molecule has 1 aromatic heterocycles. The Kier molecular flexibility index (Phi) is 8.57. The van der Waals surface area contributed by atoms with Crippen molar-refractivity contribution in [3.63, 3.8) is 0 Å². The number of Topliss-reactive ketones (excluding diaryl/α,β-unsaturated/α-hetero) is 1. The van der Waals surface area contributed by atoms with E-state index in [4.69, 9.17) is 4.74 Å². The minimum Gasteiger partial charge on any atom is -0.507 e. The molecule has 1 aliphatic rings. The number of aliphatic hydroxyl groups excluding tert-OH is 1. The van der Waals surface area contributed by atoms with E-state index in [0.717, 1.165) is 24.2 Å². The fraction of sp³-hybridized carbons (Fsp3) is 0.200. The van der Waals surface area contributed by atoms with Gasteiger partial charge in [-0.3, -0.25) is 14.5 Å². The molecule has 3 aromatic carbocycles. The average Bonchev–Trinajstić information content (AvgIpc) is 3.55. The van der Waals surface area contributed by atoms with Gasteiger partial charge in [0.15, 0.2) is 4.34 Å². The topological polar surface area (TPSA) is 92.6 Å². The van der Waals surface area contributed by atoms with E-state index in [1.54, 1.807) is 66.7 Å². The summed E-state index contributed by atoms with van der Waals surface area (Å²) in [5.74, 6) is -1.31. The maximum atomic E-state index is 14.1. The van der Waals surface area contributed by atoms with Gasteiger partial charge in [-0.2, -0.15) is 0 Å². The minimum absolute atomic E-state index is 0.0438. The summed E-state index contributed by atoms with van der Waals surface area (Å²) in [7, 11) is 0. The quantitative estimate of drug-likeness (QED) is 0.0557. The van der Waals surface area contributed by atoms with E-state index in [2.05, 4.69) is 17.1 Å². The molecule has 0 spiro atoms. The summed E-state index contributed by atoms with van der Waals surface area (Å²) in [5, 5.41) is 19.9. The van der Waals surface area contributed by atoms with Gasteiger partial charge in [-0.15, -0.1) is 10.2 Å². The van der Waals surface area contributed by atoms with Gasteiger partial charge in [0.25, 0.3) is 5.78 Å². The lowest BCUT2D eigenvalue weighted by molar-refractivity contribution is -0.132. The van der Waals surface area contributed by atoms with Crippen LogP contribution in [0.5, 0.6) is 5.75 Å². The molecule has 0 saturated carbocycles. The molecule has 1 fully saturated rings. The summed E-state index contributed by atoms with van der Waals surface area (Å²) in [6.07, 6.45) is 1.86. The van der Waals surface area contributed by atoms with Crippen LogP contribution in [0.15, 0.2) is 88.8 Å². The number of thioether (sulfide) groups is 1. The fourth-order valence-electron chi connectivity index (χ4n) is 4.32. The van der Waals surface area contributed by atoms with Gasteiger partial charge < -0.3 is 9.84 Å². The van der Waals surface area contributed by atoms with Crippen molar-refractivity contribution in [1.82, 2.24) is 10.2 Å². The Morgan fingerprint density at radius 2 is 1.82 bits per heavy atom. The standard InChI is InChI=1S/C30H26FN3O4S2/c1-2-3-16-38-22-14-9-13-20(17-22)25-24(26(35)19-10-5-4-6-11-19)27(36)28(37)34(25)29-32-33-30(40-29)39-18-21-12-7-8-15-23(21)31/h4-15,17,25,35H,2-3,16,18H2,1H3/b26-24+. The fourth-order valence-corrected chi connectivity index (χ4v) is 6.17. The van der Waals surface area contributed by atoms with Crippen LogP contribution in [0.4, 0.5) is 9.52 Å². The molecule has 0 bridgehead atoms. The van der Waals surface area contributed by atoms with Crippen molar-refractivity contribution >= 4 is 45.7 Å². The number of halogens is 1. The van der Waals surface area contributed by atoms with Gasteiger partial charge in [0.05, 0.1) is 18.2 Å². The first-order chi connectivity index (χ1) is 19.5. The molecular weight excluding hydrogens is 549 g/mol.